The second-order valence-electron chi connectivity index (χ2n) is 5.36. The van der Waals surface area contributed by atoms with Crippen LogP contribution in [0.4, 0.5) is 5.69 Å². The molecule has 0 radical (unpaired) electrons. The van der Waals surface area contributed by atoms with E-state index in [-0.39, 0.29) is 11.9 Å². The molecule has 0 saturated carbocycles. The average Bonchev–Trinajstić information content (AvgIpc) is 2.47. The molecule has 0 unspecified atom stereocenters. The highest BCUT2D eigenvalue weighted by Crippen LogP contribution is 2.38. The van der Waals surface area contributed by atoms with Crippen LogP contribution in [0.25, 0.3) is 0 Å². The highest BCUT2D eigenvalue weighted by molar-refractivity contribution is 6.05. The van der Waals surface area contributed by atoms with Crippen LogP contribution in [0.1, 0.15) is 22.7 Å². The van der Waals surface area contributed by atoms with Gasteiger partial charge in [-0.3, -0.25) is 4.79 Å². The summed E-state index contributed by atoms with van der Waals surface area (Å²) in [6.07, 6.45) is 0. The predicted molar refractivity (Wildman–Crippen MR) is 80.6 cm³/mol. The number of rotatable bonds is 2. The van der Waals surface area contributed by atoms with Crippen LogP contribution >= 0.6 is 0 Å². The molecule has 1 saturated heterocycles. The molecule has 0 bridgehead atoms. The summed E-state index contributed by atoms with van der Waals surface area (Å²) in [6, 6.07) is 15.5. The van der Waals surface area contributed by atoms with Gasteiger partial charge in [0.05, 0.1) is 6.04 Å². The molecule has 2 N–H and O–H groups in total. The number of carbonyl (C=O) groups is 1. The first-order valence-corrected chi connectivity index (χ1v) is 6.80. The summed E-state index contributed by atoms with van der Waals surface area (Å²) in [5, 5.41) is 0. The lowest BCUT2D eigenvalue weighted by Gasteiger charge is -2.45. The highest BCUT2D eigenvalue weighted by atomic mass is 16.2. The Morgan fingerprint density at radius 1 is 1.00 bits per heavy atom. The zero-order valence-corrected chi connectivity index (χ0v) is 11.7. The van der Waals surface area contributed by atoms with E-state index < -0.39 is 6.04 Å². The standard InChI is InChI=1S/C17H18N2O/c1-11-8-9-14(10-12(11)2)19-16(15(18)17(19)20)13-6-4-3-5-7-13/h3-10,15-16H,18H2,1-2H3/t15-,16-/m1/s1. The van der Waals surface area contributed by atoms with Crippen molar-refractivity contribution in [3.8, 4) is 0 Å². The van der Waals surface area contributed by atoms with Crippen LogP contribution < -0.4 is 10.6 Å². The first-order chi connectivity index (χ1) is 9.59. The lowest BCUT2D eigenvalue weighted by Crippen LogP contribution is -2.63. The van der Waals surface area contributed by atoms with Crippen molar-refractivity contribution in [3.63, 3.8) is 0 Å². The summed E-state index contributed by atoms with van der Waals surface area (Å²) in [5.41, 5.74) is 10.4. The highest BCUT2D eigenvalue weighted by Gasteiger charge is 2.46. The van der Waals surface area contributed by atoms with Crippen molar-refractivity contribution < 1.29 is 4.79 Å². The van der Waals surface area contributed by atoms with Gasteiger partial charge in [-0.1, -0.05) is 36.4 Å². The molecule has 0 spiro atoms. The van der Waals surface area contributed by atoms with Crippen molar-refractivity contribution in [1.29, 1.82) is 0 Å². The third kappa shape index (κ3) is 1.91. The summed E-state index contributed by atoms with van der Waals surface area (Å²) in [7, 11) is 0. The molecule has 1 amide bonds. The molecular weight excluding hydrogens is 248 g/mol. The van der Waals surface area contributed by atoms with Gasteiger partial charge in [-0.2, -0.15) is 0 Å². The Morgan fingerprint density at radius 2 is 1.70 bits per heavy atom. The lowest BCUT2D eigenvalue weighted by atomic mass is 9.88. The molecule has 3 heteroatoms. The molecule has 3 rings (SSSR count). The summed E-state index contributed by atoms with van der Waals surface area (Å²) in [4.78, 5) is 13.9. The van der Waals surface area contributed by atoms with Gasteiger partial charge >= 0.3 is 0 Å². The minimum atomic E-state index is -0.445. The fourth-order valence-electron chi connectivity index (χ4n) is 2.68. The number of carbonyl (C=O) groups excluding carboxylic acids is 1. The lowest BCUT2D eigenvalue weighted by molar-refractivity contribution is -0.126. The van der Waals surface area contributed by atoms with Crippen molar-refractivity contribution in [1.82, 2.24) is 0 Å². The maximum Gasteiger partial charge on any atom is 0.247 e. The molecule has 2 atom stereocenters. The average molecular weight is 266 g/mol. The summed E-state index contributed by atoms with van der Waals surface area (Å²) in [5.74, 6) is -0.0119. The van der Waals surface area contributed by atoms with Crippen molar-refractivity contribution in [2.75, 3.05) is 4.90 Å². The maximum absolute atomic E-state index is 12.1. The van der Waals surface area contributed by atoms with Gasteiger partial charge in [0, 0.05) is 5.69 Å². The minimum absolute atomic E-state index is 0.0119. The van der Waals surface area contributed by atoms with E-state index in [1.165, 1.54) is 11.1 Å². The largest absolute Gasteiger partial charge is 0.318 e. The van der Waals surface area contributed by atoms with Crippen LogP contribution in [0.15, 0.2) is 48.5 Å². The predicted octanol–water partition coefficient (Wildman–Crippen LogP) is 2.72. The molecule has 2 aromatic carbocycles. The van der Waals surface area contributed by atoms with Crippen LogP contribution in [0, 0.1) is 13.8 Å². The van der Waals surface area contributed by atoms with Gasteiger partial charge in [-0.15, -0.1) is 0 Å². The van der Waals surface area contributed by atoms with Crippen molar-refractivity contribution in [3.05, 3.63) is 65.2 Å². The normalized spacial score (nSPS) is 21.8. The van der Waals surface area contributed by atoms with Gasteiger partial charge in [0.1, 0.15) is 6.04 Å². The number of nitrogens with two attached hydrogens (primary N) is 1. The van der Waals surface area contributed by atoms with Gasteiger partial charge < -0.3 is 10.6 Å². The second kappa shape index (κ2) is 4.76. The van der Waals surface area contributed by atoms with E-state index in [0.717, 1.165) is 11.3 Å². The second-order valence-corrected chi connectivity index (χ2v) is 5.36. The number of aryl methyl sites for hydroxylation is 2. The van der Waals surface area contributed by atoms with E-state index in [1.807, 2.05) is 42.5 Å². The summed E-state index contributed by atoms with van der Waals surface area (Å²) < 4.78 is 0. The Bertz CT molecular complexity index is 651. The van der Waals surface area contributed by atoms with Gasteiger partial charge in [0.25, 0.3) is 0 Å². The van der Waals surface area contributed by atoms with Crippen LogP contribution in [0.3, 0.4) is 0 Å². The molecule has 1 aliphatic heterocycles. The number of hydrogen-bond acceptors (Lipinski definition) is 2. The van der Waals surface area contributed by atoms with Crippen LogP contribution in [-0.4, -0.2) is 11.9 Å². The molecule has 0 aromatic heterocycles. The molecule has 3 nitrogen and oxygen atoms in total. The van der Waals surface area contributed by atoms with Gasteiger partial charge in [0.2, 0.25) is 5.91 Å². The zero-order valence-electron chi connectivity index (χ0n) is 11.7. The Labute approximate surface area is 119 Å². The zero-order chi connectivity index (χ0) is 14.3. The molecule has 0 aliphatic carbocycles. The fraction of sp³-hybridized carbons (Fsp3) is 0.235. The number of nitrogens with zero attached hydrogens (tertiary/aromatic N) is 1. The number of β-lactam (4-membered cyclic amide) rings is 1. The molecule has 1 aliphatic rings. The first kappa shape index (κ1) is 12.9. The topological polar surface area (TPSA) is 46.3 Å². The monoisotopic (exact) mass is 266 g/mol. The number of hydrogen-bond donors (Lipinski definition) is 1. The molecule has 20 heavy (non-hydrogen) atoms. The Morgan fingerprint density at radius 3 is 2.35 bits per heavy atom. The number of amides is 1. The SMILES string of the molecule is Cc1ccc(N2C(=O)[C@H](N)[C@H]2c2ccccc2)cc1C. The Kier molecular flexibility index (Phi) is 3.07. The molecule has 1 fully saturated rings. The van der Waals surface area contributed by atoms with E-state index in [0.29, 0.717) is 0 Å². The van der Waals surface area contributed by atoms with E-state index >= 15 is 0 Å². The van der Waals surface area contributed by atoms with Crippen LogP contribution in [0.2, 0.25) is 0 Å². The first-order valence-electron chi connectivity index (χ1n) is 6.80. The number of anilines is 1. The quantitative estimate of drug-likeness (QED) is 0.849. The van der Waals surface area contributed by atoms with E-state index in [2.05, 4.69) is 19.9 Å². The van der Waals surface area contributed by atoms with E-state index in [9.17, 15) is 4.79 Å². The smallest absolute Gasteiger partial charge is 0.247 e. The van der Waals surface area contributed by atoms with E-state index in [4.69, 9.17) is 5.73 Å². The Hall–Kier alpha value is -2.13. The molecule has 102 valence electrons. The maximum atomic E-state index is 12.1. The van der Waals surface area contributed by atoms with Gasteiger partial charge in [-0.05, 0) is 42.7 Å². The van der Waals surface area contributed by atoms with Gasteiger partial charge in [-0.25, -0.2) is 0 Å². The van der Waals surface area contributed by atoms with E-state index in [1.54, 1.807) is 4.90 Å². The van der Waals surface area contributed by atoms with Crippen molar-refractivity contribution >= 4 is 11.6 Å². The van der Waals surface area contributed by atoms with Crippen LogP contribution in [0.5, 0.6) is 0 Å². The molecule has 2 aromatic rings. The minimum Gasteiger partial charge on any atom is -0.318 e. The number of benzene rings is 2. The summed E-state index contributed by atoms with van der Waals surface area (Å²) in [6.45, 7) is 4.12. The van der Waals surface area contributed by atoms with Crippen molar-refractivity contribution in [2.24, 2.45) is 5.73 Å². The third-order valence-electron chi connectivity index (χ3n) is 4.05. The molecular formula is C17H18N2O. The fourth-order valence-corrected chi connectivity index (χ4v) is 2.68. The summed E-state index contributed by atoms with van der Waals surface area (Å²) >= 11 is 0. The van der Waals surface area contributed by atoms with Crippen LogP contribution in [-0.2, 0) is 4.79 Å². The van der Waals surface area contributed by atoms with Crippen molar-refractivity contribution in [2.45, 2.75) is 25.9 Å². The Balaban J connectivity index is 1.99. The van der Waals surface area contributed by atoms with Gasteiger partial charge in [0.15, 0.2) is 0 Å². The molecule has 1 heterocycles. The third-order valence-corrected chi connectivity index (χ3v) is 4.05.